The van der Waals surface area contributed by atoms with E-state index >= 15 is 0 Å². The van der Waals surface area contributed by atoms with E-state index in [2.05, 4.69) is 26.0 Å². The maximum absolute atomic E-state index is 12.9. The van der Waals surface area contributed by atoms with Crippen LogP contribution in [0.15, 0.2) is 12.2 Å². The van der Waals surface area contributed by atoms with Crippen molar-refractivity contribution >= 4 is 5.97 Å². The molecule has 0 spiro atoms. The van der Waals surface area contributed by atoms with Crippen LogP contribution < -0.4 is 0 Å². The van der Waals surface area contributed by atoms with Crippen LogP contribution in [0.4, 0.5) is 0 Å². The first-order chi connectivity index (χ1) is 29.1. The summed E-state index contributed by atoms with van der Waals surface area (Å²) in [7, 11) is 0. The first-order valence-corrected chi connectivity index (χ1v) is 23.8. The van der Waals surface area contributed by atoms with Crippen LogP contribution in [0.25, 0.3) is 0 Å². The molecule has 0 saturated carbocycles. The topological polar surface area (TPSA) is 214 Å². The summed E-state index contributed by atoms with van der Waals surface area (Å²) in [5, 5.41) is 71.8. The van der Waals surface area contributed by atoms with Gasteiger partial charge in [0.25, 0.3) is 0 Å². The number of carbonyl (C=O) groups is 1. The molecule has 60 heavy (non-hydrogen) atoms. The van der Waals surface area contributed by atoms with Gasteiger partial charge in [0.05, 0.1) is 26.4 Å². The van der Waals surface area contributed by atoms with Gasteiger partial charge in [-0.2, -0.15) is 0 Å². The molecule has 11 unspecified atom stereocenters. The lowest BCUT2D eigenvalue weighted by atomic mass is 9.98. The van der Waals surface area contributed by atoms with Crippen molar-refractivity contribution in [1.82, 2.24) is 0 Å². The van der Waals surface area contributed by atoms with Crippen molar-refractivity contribution in [3.63, 3.8) is 0 Å². The van der Waals surface area contributed by atoms with Crippen LogP contribution in [0.3, 0.4) is 0 Å². The second-order valence-corrected chi connectivity index (χ2v) is 16.9. The van der Waals surface area contributed by atoms with Gasteiger partial charge in [-0.3, -0.25) is 4.79 Å². The Morgan fingerprint density at radius 2 is 0.983 bits per heavy atom. The Morgan fingerprint density at radius 1 is 0.533 bits per heavy atom. The number of carbonyl (C=O) groups excluding carboxylic acids is 1. The molecular formula is C46H86O14. The number of aliphatic hydroxyl groups excluding tert-OH is 7. The van der Waals surface area contributed by atoms with E-state index in [0.717, 1.165) is 38.5 Å². The van der Waals surface area contributed by atoms with Gasteiger partial charge >= 0.3 is 5.97 Å². The molecule has 2 saturated heterocycles. The maximum atomic E-state index is 12.9. The third kappa shape index (κ3) is 23.4. The van der Waals surface area contributed by atoms with Gasteiger partial charge in [0, 0.05) is 13.0 Å². The van der Waals surface area contributed by atoms with E-state index in [1.54, 1.807) is 0 Å². The molecule has 14 nitrogen and oxygen atoms in total. The number of unbranched alkanes of at least 4 members (excludes halogenated alkanes) is 21. The monoisotopic (exact) mass is 863 g/mol. The molecule has 2 heterocycles. The number of aliphatic hydroxyl groups is 7. The van der Waals surface area contributed by atoms with Gasteiger partial charge in [0.15, 0.2) is 12.6 Å². The van der Waals surface area contributed by atoms with Crippen LogP contribution in [-0.4, -0.2) is 142 Å². The van der Waals surface area contributed by atoms with Crippen LogP contribution in [0, 0.1) is 0 Å². The molecular weight excluding hydrogens is 776 g/mol. The van der Waals surface area contributed by atoms with E-state index in [9.17, 15) is 40.5 Å². The van der Waals surface area contributed by atoms with Crippen molar-refractivity contribution in [3.8, 4) is 0 Å². The summed E-state index contributed by atoms with van der Waals surface area (Å²) in [5.41, 5.74) is 0. The van der Waals surface area contributed by atoms with Crippen LogP contribution in [0.5, 0.6) is 0 Å². The summed E-state index contributed by atoms with van der Waals surface area (Å²) in [4.78, 5) is 12.9. The fraction of sp³-hybridized carbons (Fsp3) is 0.935. The summed E-state index contributed by atoms with van der Waals surface area (Å²) in [5.74, 6) is -0.379. The number of esters is 1. The molecule has 0 aromatic heterocycles. The lowest BCUT2D eigenvalue weighted by Crippen LogP contribution is -2.61. The van der Waals surface area contributed by atoms with Crippen LogP contribution in [0.1, 0.15) is 174 Å². The second kappa shape index (κ2) is 35.1. The number of rotatable bonds is 37. The molecule has 0 bridgehead atoms. The van der Waals surface area contributed by atoms with Crippen molar-refractivity contribution in [2.75, 3.05) is 33.0 Å². The normalized spacial score (nSPS) is 27.8. The van der Waals surface area contributed by atoms with Gasteiger partial charge in [-0.1, -0.05) is 142 Å². The average Bonchev–Trinajstić information content (AvgIpc) is 3.24. The van der Waals surface area contributed by atoms with Crippen LogP contribution in [-0.2, 0) is 33.2 Å². The summed E-state index contributed by atoms with van der Waals surface area (Å²) in [6.07, 6.45) is 17.3. The number of hydrogen-bond donors (Lipinski definition) is 7. The molecule has 7 N–H and O–H groups in total. The van der Waals surface area contributed by atoms with E-state index < -0.39 is 80.7 Å². The van der Waals surface area contributed by atoms with Gasteiger partial charge < -0.3 is 64.2 Å². The predicted octanol–water partition coefficient (Wildman–Crippen LogP) is 5.90. The minimum atomic E-state index is -1.70. The number of allylic oxidation sites excluding steroid dienone is 2. The number of ether oxygens (including phenoxy) is 6. The quantitative estimate of drug-likeness (QED) is 0.0220. The van der Waals surface area contributed by atoms with Gasteiger partial charge in [-0.05, 0) is 38.5 Å². The largest absolute Gasteiger partial charge is 0.457 e. The Labute approximate surface area is 361 Å². The molecule has 2 rings (SSSR count). The third-order valence-electron chi connectivity index (χ3n) is 11.5. The first-order valence-electron chi connectivity index (χ1n) is 23.8. The standard InChI is InChI=1S/C46H86O14/c1-3-5-7-9-11-12-13-14-15-16-17-18-19-20-21-22-23-25-27-29-38(48)58-35(32-55-30-28-26-24-10-8-6-4-2)33-56-45-44(54)42(52)40(50)37(60-45)34-57-46-43(53)41(51)39(49)36(31-47)59-46/h14-15,35-37,39-47,49-54H,3-13,16-34H2,1-2H3/b15-14-. The van der Waals surface area contributed by atoms with E-state index in [1.165, 1.54) is 109 Å². The number of hydrogen-bond acceptors (Lipinski definition) is 14. The molecule has 2 aliphatic heterocycles. The SMILES string of the molecule is CCCCCCCC/C=C\CCCCCCCCCCCC(=O)OC(COCCCCCCCCC)COC1OC(COC2OC(CO)C(O)C(O)C2O)C(O)C(O)C1O. The zero-order valence-corrected chi connectivity index (χ0v) is 37.2. The maximum Gasteiger partial charge on any atom is 0.306 e. The lowest BCUT2D eigenvalue weighted by molar-refractivity contribution is -0.332. The molecule has 2 aliphatic rings. The molecule has 14 heteroatoms. The van der Waals surface area contributed by atoms with E-state index in [4.69, 9.17) is 28.4 Å². The molecule has 354 valence electrons. The minimum absolute atomic E-state index is 0.0642. The minimum Gasteiger partial charge on any atom is -0.457 e. The highest BCUT2D eigenvalue weighted by molar-refractivity contribution is 5.69. The van der Waals surface area contributed by atoms with Crippen LogP contribution >= 0.6 is 0 Å². The Kier molecular flexibility index (Phi) is 32.1. The van der Waals surface area contributed by atoms with Crippen molar-refractivity contribution in [2.45, 2.75) is 242 Å². The second-order valence-electron chi connectivity index (χ2n) is 16.9. The summed E-state index contributed by atoms with van der Waals surface area (Å²) in [6.45, 7) is 3.65. The van der Waals surface area contributed by atoms with Gasteiger partial charge in [-0.15, -0.1) is 0 Å². The molecule has 0 aromatic rings. The van der Waals surface area contributed by atoms with E-state index in [-0.39, 0.29) is 25.6 Å². The fourth-order valence-electron chi connectivity index (χ4n) is 7.57. The molecule has 0 aliphatic carbocycles. The smallest absolute Gasteiger partial charge is 0.306 e. The van der Waals surface area contributed by atoms with Gasteiger partial charge in [0.2, 0.25) is 0 Å². The fourth-order valence-corrected chi connectivity index (χ4v) is 7.57. The predicted molar refractivity (Wildman–Crippen MR) is 229 cm³/mol. The summed E-state index contributed by atoms with van der Waals surface area (Å²) in [6, 6.07) is 0. The Bertz CT molecular complexity index is 1050. The highest BCUT2D eigenvalue weighted by Gasteiger charge is 2.47. The third-order valence-corrected chi connectivity index (χ3v) is 11.5. The Balaban J connectivity index is 1.73. The molecule has 2 fully saturated rings. The lowest BCUT2D eigenvalue weighted by Gasteiger charge is -2.42. The van der Waals surface area contributed by atoms with Crippen molar-refractivity contribution in [3.05, 3.63) is 12.2 Å². The Morgan fingerprint density at radius 3 is 1.52 bits per heavy atom. The molecule has 0 amide bonds. The molecule has 0 radical (unpaired) electrons. The average molecular weight is 863 g/mol. The summed E-state index contributed by atoms with van der Waals surface area (Å²) < 4.78 is 34.1. The van der Waals surface area contributed by atoms with Gasteiger partial charge in [0.1, 0.15) is 54.9 Å². The van der Waals surface area contributed by atoms with Crippen molar-refractivity contribution in [2.24, 2.45) is 0 Å². The zero-order chi connectivity index (χ0) is 43.8. The zero-order valence-electron chi connectivity index (χ0n) is 37.2. The van der Waals surface area contributed by atoms with Crippen molar-refractivity contribution < 1.29 is 69.0 Å². The summed E-state index contributed by atoms with van der Waals surface area (Å²) >= 11 is 0. The molecule has 11 atom stereocenters. The Hall–Kier alpha value is -1.27. The van der Waals surface area contributed by atoms with Crippen LogP contribution in [0.2, 0.25) is 0 Å². The van der Waals surface area contributed by atoms with Crippen molar-refractivity contribution in [1.29, 1.82) is 0 Å². The highest BCUT2D eigenvalue weighted by Crippen LogP contribution is 2.26. The molecule has 0 aromatic carbocycles. The van der Waals surface area contributed by atoms with E-state index in [0.29, 0.717) is 13.0 Å². The van der Waals surface area contributed by atoms with E-state index in [1.807, 2.05) is 0 Å². The van der Waals surface area contributed by atoms with Gasteiger partial charge in [-0.25, -0.2) is 0 Å². The first kappa shape index (κ1) is 54.9. The highest BCUT2D eigenvalue weighted by atomic mass is 16.7.